The van der Waals surface area contributed by atoms with E-state index in [2.05, 4.69) is 26.1 Å². The molecule has 1 atom stereocenters. The molecule has 1 rings (SSSR count). The minimum Gasteiger partial charge on any atom is -0.377 e. The highest BCUT2D eigenvalue weighted by atomic mass is 16.5. The lowest BCUT2D eigenvalue weighted by molar-refractivity contribution is -0.135. The van der Waals surface area contributed by atoms with E-state index >= 15 is 0 Å². The summed E-state index contributed by atoms with van der Waals surface area (Å²) in [5.74, 6) is 0.246. The number of hydrogen-bond acceptors (Lipinski definition) is 3. The molecule has 4 heteroatoms. The van der Waals surface area contributed by atoms with Gasteiger partial charge in [0.15, 0.2) is 0 Å². The number of ether oxygens (including phenoxy) is 1. The zero-order valence-corrected chi connectivity index (χ0v) is 12.3. The highest BCUT2D eigenvalue weighted by molar-refractivity contribution is 5.76. The molecule has 0 saturated carbocycles. The third kappa shape index (κ3) is 5.83. The first-order valence-corrected chi connectivity index (χ1v) is 7.07. The van der Waals surface area contributed by atoms with Crippen molar-refractivity contribution in [3.8, 4) is 0 Å². The minimum atomic E-state index is 0.0794. The standard InChI is InChI=1S/C14H28N2O2/c1-5-18-12-7-6-10-16(11-12)13(17)8-9-15-14(2,3)4/h12,15H,5-11H2,1-4H3. The largest absolute Gasteiger partial charge is 0.377 e. The predicted octanol–water partition coefficient (Wildman–Crippen LogP) is 1.79. The summed E-state index contributed by atoms with van der Waals surface area (Å²) in [5, 5.41) is 3.35. The number of carbonyl (C=O) groups is 1. The van der Waals surface area contributed by atoms with Crippen molar-refractivity contribution in [3.05, 3.63) is 0 Å². The van der Waals surface area contributed by atoms with E-state index in [0.29, 0.717) is 6.42 Å². The molecule has 1 fully saturated rings. The first-order valence-electron chi connectivity index (χ1n) is 7.07. The first-order chi connectivity index (χ1) is 8.42. The van der Waals surface area contributed by atoms with Crippen LogP contribution in [0.2, 0.25) is 0 Å². The Morgan fingerprint density at radius 1 is 1.44 bits per heavy atom. The number of nitrogens with one attached hydrogen (secondary N) is 1. The molecule has 1 aliphatic heterocycles. The molecule has 0 radical (unpaired) electrons. The Labute approximate surface area is 111 Å². The molecule has 4 nitrogen and oxygen atoms in total. The van der Waals surface area contributed by atoms with E-state index < -0.39 is 0 Å². The lowest BCUT2D eigenvalue weighted by Crippen LogP contribution is -2.45. The van der Waals surface area contributed by atoms with Crippen LogP contribution >= 0.6 is 0 Å². The fourth-order valence-electron chi connectivity index (χ4n) is 2.24. The SMILES string of the molecule is CCOC1CCCN(C(=O)CCNC(C)(C)C)C1. The Hall–Kier alpha value is -0.610. The van der Waals surface area contributed by atoms with Crippen LogP contribution in [-0.2, 0) is 9.53 Å². The summed E-state index contributed by atoms with van der Waals surface area (Å²) in [7, 11) is 0. The van der Waals surface area contributed by atoms with Crippen LogP contribution < -0.4 is 5.32 Å². The molecule has 0 aliphatic carbocycles. The maximum atomic E-state index is 12.1. The van der Waals surface area contributed by atoms with Gasteiger partial charge in [-0.1, -0.05) is 0 Å². The summed E-state index contributed by atoms with van der Waals surface area (Å²) in [6.07, 6.45) is 2.96. The lowest BCUT2D eigenvalue weighted by atomic mass is 10.1. The quantitative estimate of drug-likeness (QED) is 0.815. The number of piperidine rings is 1. The molecule has 0 bridgehead atoms. The zero-order valence-electron chi connectivity index (χ0n) is 12.3. The summed E-state index contributed by atoms with van der Waals surface area (Å²) < 4.78 is 5.61. The van der Waals surface area contributed by atoms with Crippen LogP contribution in [0.5, 0.6) is 0 Å². The second-order valence-corrected chi connectivity index (χ2v) is 5.99. The highest BCUT2D eigenvalue weighted by Crippen LogP contribution is 2.14. The van der Waals surface area contributed by atoms with E-state index in [1.165, 1.54) is 0 Å². The van der Waals surface area contributed by atoms with Crippen molar-refractivity contribution < 1.29 is 9.53 Å². The van der Waals surface area contributed by atoms with E-state index in [1.54, 1.807) is 0 Å². The van der Waals surface area contributed by atoms with Crippen LogP contribution in [0.15, 0.2) is 0 Å². The Morgan fingerprint density at radius 3 is 2.78 bits per heavy atom. The van der Waals surface area contributed by atoms with Gasteiger partial charge < -0.3 is 15.0 Å². The van der Waals surface area contributed by atoms with Crippen molar-refractivity contribution >= 4 is 5.91 Å². The number of hydrogen-bond donors (Lipinski definition) is 1. The molecule has 0 spiro atoms. The summed E-state index contributed by atoms with van der Waals surface area (Å²) in [5.41, 5.74) is 0.0794. The number of carbonyl (C=O) groups excluding carboxylic acids is 1. The van der Waals surface area contributed by atoms with E-state index in [0.717, 1.165) is 39.1 Å². The van der Waals surface area contributed by atoms with E-state index in [-0.39, 0.29) is 17.6 Å². The molecule has 0 aromatic heterocycles. The number of nitrogens with zero attached hydrogens (tertiary/aromatic N) is 1. The van der Waals surface area contributed by atoms with Crippen LogP contribution in [0.25, 0.3) is 0 Å². The van der Waals surface area contributed by atoms with E-state index in [9.17, 15) is 4.79 Å². The van der Waals surface area contributed by atoms with Gasteiger partial charge in [0, 0.05) is 38.2 Å². The van der Waals surface area contributed by atoms with Crippen LogP contribution in [0.4, 0.5) is 0 Å². The molecule has 1 aliphatic rings. The van der Waals surface area contributed by atoms with Crippen molar-refractivity contribution in [2.75, 3.05) is 26.2 Å². The number of rotatable bonds is 5. The Balaban J connectivity index is 2.28. The third-order valence-corrected chi connectivity index (χ3v) is 3.13. The maximum Gasteiger partial charge on any atom is 0.223 e. The van der Waals surface area contributed by atoms with Gasteiger partial charge in [-0.3, -0.25) is 4.79 Å². The molecule has 1 amide bonds. The number of amides is 1. The van der Waals surface area contributed by atoms with Gasteiger partial charge in [-0.2, -0.15) is 0 Å². The third-order valence-electron chi connectivity index (χ3n) is 3.13. The Kier molecular flexibility index (Phi) is 6.09. The predicted molar refractivity (Wildman–Crippen MR) is 73.6 cm³/mol. The summed E-state index contributed by atoms with van der Waals surface area (Å²) in [4.78, 5) is 14.0. The van der Waals surface area contributed by atoms with Gasteiger partial charge >= 0.3 is 0 Å². The second-order valence-electron chi connectivity index (χ2n) is 5.99. The molecule has 18 heavy (non-hydrogen) atoms. The molecular formula is C14H28N2O2. The fourth-order valence-corrected chi connectivity index (χ4v) is 2.24. The molecule has 0 aromatic carbocycles. The average Bonchev–Trinajstić information content (AvgIpc) is 2.28. The van der Waals surface area contributed by atoms with Crippen molar-refractivity contribution in [1.29, 1.82) is 0 Å². The minimum absolute atomic E-state index is 0.0794. The molecule has 1 heterocycles. The van der Waals surface area contributed by atoms with Gasteiger partial charge in [0.1, 0.15) is 0 Å². The smallest absolute Gasteiger partial charge is 0.223 e. The van der Waals surface area contributed by atoms with Gasteiger partial charge in [0.25, 0.3) is 0 Å². The monoisotopic (exact) mass is 256 g/mol. The summed E-state index contributed by atoms with van der Waals surface area (Å²) in [6, 6.07) is 0. The van der Waals surface area contributed by atoms with Crippen LogP contribution in [0, 0.1) is 0 Å². The van der Waals surface area contributed by atoms with Gasteiger partial charge in [-0.05, 0) is 40.5 Å². The Bertz CT molecular complexity index is 259. The lowest BCUT2D eigenvalue weighted by Gasteiger charge is -2.33. The van der Waals surface area contributed by atoms with Crippen molar-refractivity contribution in [1.82, 2.24) is 10.2 Å². The molecule has 0 aromatic rings. The summed E-state index contributed by atoms with van der Waals surface area (Å²) in [6.45, 7) is 11.5. The molecule has 1 unspecified atom stereocenters. The number of likely N-dealkylation sites (tertiary alicyclic amines) is 1. The van der Waals surface area contributed by atoms with Gasteiger partial charge in [0.05, 0.1) is 6.10 Å². The van der Waals surface area contributed by atoms with E-state index in [1.807, 2.05) is 11.8 Å². The second kappa shape index (κ2) is 7.10. The Morgan fingerprint density at radius 2 is 2.17 bits per heavy atom. The molecule has 1 N–H and O–H groups in total. The highest BCUT2D eigenvalue weighted by Gasteiger charge is 2.23. The fraction of sp³-hybridized carbons (Fsp3) is 0.929. The topological polar surface area (TPSA) is 41.6 Å². The van der Waals surface area contributed by atoms with Crippen LogP contribution in [0.1, 0.15) is 47.0 Å². The molecular weight excluding hydrogens is 228 g/mol. The molecule has 106 valence electrons. The van der Waals surface area contributed by atoms with Crippen molar-refractivity contribution in [2.45, 2.75) is 58.6 Å². The zero-order chi connectivity index (χ0) is 13.6. The van der Waals surface area contributed by atoms with Gasteiger partial charge in [-0.25, -0.2) is 0 Å². The average molecular weight is 256 g/mol. The van der Waals surface area contributed by atoms with Crippen molar-refractivity contribution in [2.24, 2.45) is 0 Å². The van der Waals surface area contributed by atoms with Gasteiger partial charge in [-0.15, -0.1) is 0 Å². The van der Waals surface area contributed by atoms with Crippen LogP contribution in [0.3, 0.4) is 0 Å². The summed E-state index contributed by atoms with van der Waals surface area (Å²) >= 11 is 0. The normalized spacial score (nSPS) is 21.1. The molecule has 1 saturated heterocycles. The van der Waals surface area contributed by atoms with Crippen molar-refractivity contribution in [3.63, 3.8) is 0 Å². The maximum absolute atomic E-state index is 12.1. The first kappa shape index (κ1) is 15.4. The van der Waals surface area contributed by atoms with Gasteiger partial charge in [0.2, 0.25) is 5.91 Å². The van der Waals surface area contributed by atoms with E-state index in [4.69, 9.17) is 4.74 Å². The van der Waals surface area contributed by atoms with Crippen LogP contribution in [-0.4, -0.2) is 48.7 Å².